The van der Waals surface area contributed by atoms with Crippen molar-refractivity contribution in [2.75, 3.05) is 5.32 Å². The molecule has 0 saturated carbocycles. The molecular formula is C24H25N5O2. The molecule has 0 unspecified atom stereocenters. The molecule has 158 valence electrons. The SMILES string of the molecule is Cc1c(C(C)(C)C)nn(-c2ccccc2)c1NC(=O)Cn1ncc2ccccc2c1=O. The lowest BCUT2D eigenvalue weighted by Crippen LogP contribution is -2.30. The number of fused-ring (bicyclic) bond motifs is 1. The van der Waals surface area contributed by atoms with Gasteiger partial charge in [0.25, 0.3) is 5.56 Å². The molecular weight excluding hydrogens is 390 g/mol. The van der Waals surface area contributed by atoms with Crippen LogP contribution in [0.1, 0.15) is 32.0 Å². The molecule has 31 heavy (non-hydrogen) atoms. The molecule has 0 aliphatic carbocycles. The molecule has 2 heterocycles. The number of benzene rings is 2. The maximum absolute atomic E-state index is 12.9. The van der Waals surface area contributed by atoms with Gasteiger partial charge in [-0.15, -0.1) is 0 Å². The van der Waals surface area contributed by atoms with Gasteiger partial charge in [-0.25, -0.2) is 9.36 Å². The van der Waals surface area contributed by atoms with Gasteiger partial charge in [-0.3, -0.25) is 9.59 Å². The van der Waals surface area contributed by atoms with Crippen molar-refractivity contribution in [3.05, 3.63) is 82.4 Å². The van der Waals surface area contributed by atoms with E-state index < -0.39 is 0 Å². The summed E-state index contributed by atoms with van der Waals surface area (Å²) in [6.45, 7) is 8.02. The summed E-state index contributed by atoms with van der Waals surface area (Å²) in [5, 5.41) is 13.2. The van der Waals surface area contributed by atoms with Crippen LogP contribution in [-0.4, -0.2) is 25.5 Å². The van der Waals surface area contributed by atoms with Gasteiger partial charge in [0.2, 0.25) is 5.91 Å². The van der Waals surface area contributed by atoms with Gasteiger partial charge in [0.1, 0.15) is 12.4 Å². The van der Waals surface area contributed by atoms with Crippen molar-refractivity contribution in [2.45, 2.75) is 39.7 Å². The van der Waals surface area contributed by atoms with Gasteiger partial charge in [0.05, 0.1) is 23.0 Å². The number of hydrogen-bond acceptors (Lipinski definition) is 4. The number of nitrogens with zero attached hydrogens (tertiary/aromatic N) is 4. The third-order valence-corrected chi connectivity index (χ3v) is 5.15. The van der Waals surface area contributed by atoms with Crippen LogP contribution in [0.25, 0.3) is 16.5 Å². The Balaban J connectivity index is 1.69. The molecule has 0 bridgehead atoms. The van der Waals surface area contributed by atoms with E-state index in [0.29, 0.717) is 11.2 Å². The summed E-state index contributed by atoms with van der Waals surface area (Å²) in [4.78, 5) is 25.6. The Labute approximate surface area is 180 Å². The first-order valence-electron chi connectivity index (χ1n) is 10.2. The minimum absolute atomic E-state index is 0.187. The number of para-hydroxylation sites is 1. The molecule has 2 aromatic heterocycles. The first-order chi connectivity index (χ1) is 14.8. The van der Waals surface area contributed by atoms with Gasteiger partial charge < -0.3 is 5.32 Å². The molecule has 0 atom stereocenters. The van der Waals surface area contributed by atoms with Crippen LogP contribution in [0, 0.1) is 6.92 Å². The molecule has 7 heteroatoms. The fraction of sp³-hybridized carbons (Fsp3) is 0.250. The Kier molecular flexibility index (Phi) is 5.19. The number of carbonyl (C=O) groups excluding carboxylic acids is 1. The smallest absolute Gasteiger partial charge is 0.275 e. The molecule has 1 N–H and O–H groups in total. The second-order valence-electron chi connectivity index (χ2n) is 8.56. The van der Waals surface area contributed by atoms with Crippen molar-refractivity contribution in [3.63, 3.8) is 0 Å². The van der Waals surface area contributed by atoms with E-state index in [4.69, 9.17) is 5.10 Å². The van der Waals surface area contributed by atoms with E-state index in [1.807, 2.05) is 49.4 Å². The molecule has 0 radical (unpaired) electrons. The normalized spacial score (nSPS) is 11.6. The second kappa shape index (κ2) is 7.83. The standard InChI is InChI=1S/C24H25N5O2/c1-16-21(24(2,3)4)27-29(18-11-6-5-7-12-18)22(16)26-20(30)15-28-23(31)19-13-9-8-10-17(19)14-25-28/h5-14H,15H2,1-4H3,(H,26,30). The fourth-order valence-corrected chi connectivity index (χ4v) is 3.66. The molecule has 0 saturated heterocycles. The van der Waals surface area contributed by atoms with Gasteiger partial charge in [0, 0.05) is 16.4 Å². The van der Waals surface area contributed by atoms with Gasteiger partial charge in [-0.1, -0.05) is 57.2 Å². The molecule has 4 rings (SSSR count). The van der Waals surface area contributed by atoms with Crippen molar-refractivity contribution in [1.29, 1.82) is 0 Å². The summed E-state index contributed by atoms with van der Waals surface area (Å²) in [6.07, 6.45) is 1.60. The monoisotopic (exact) mass is 415 g/mol. The molecule has 7 nitrogen and oxygen atoms in total. The van der Waals surface area contributed by atoms with Crippen LogP contribution in [0.2, 0.25) is 0 Å². The zero-order valence-electron chi connectivity index (χ0n) is 18.1. The number of hydrogen-bond donors (Lipinski definition) is 1. The summed E-state index contributed by atoms with van der Waals surface area (Å²) < 4.78 is 2.92. The highest BCUT2D eigenvalue weighted by Gasteiger charge is 2.26. The highest BCUT2D eigenvalue weighted by atomic mass is 16.2. The van der Waals surface area contributed by atoms with E-state index in [1.165, 1.54) is 4.68 Å². The van der Waals surface area contributed by atoms with Gasteiger partial charge in [0.15, 0.2) is 0 Å². The summed E-state index contributed by atoms with van der Waals surface area (Å²) in [7, 11) is 0. The summed E-state index contributed by atoms with van der Waals surface area (Å²) in [5.41, 5.74) is 2.14. The average Bonchev–Trinajstić information content (AvgIpc) is 3.07. The third kappa shape index (κ3) is 3.99. The van der Waals surface area contributed by atoms with E-state index >= 15 is 0 Å². The summed E-state index contributed by atoms with van der Waals surface area (Å²) >= 11 is 0. The van der Waals surface area contributed by atoms with E-state index in [1.54, 1.807) is 23.0 Å². The van der Waals surface area contributed by atoms with Crippen molar-refractivity contribution < 1.29 is 4.79 Å². The van der Waals surface area contributed by atoms with Crippen molar-refractivity contribution in [3.8, 4) is 5.69 Å². The van der Waals surface area contributed by atoms with Crippen LogP contribution in [-0.2, 0) is 16.8 Å². The zero-order valence-corrected chi connectivity index (χ0v) is 18.1. The number of rotatable bonds is 4. The summed E-state index contributed by atoms with van der Waals surface area (Å²) in [6, 6.07) is 16.8. The minimum atomic E-state index is -0.342. The maximum Gasteiger partial charge on any atom is 0.275 e. The van der Waals surface area contributed by atoms with E-state index in [-0.39, 0.29) is 23.4 Å². The van der Waals surface area contributed by atoms with Crippen LogP contribution in [0.4, 0.5) is 5.82 Å². The summed E-state index contributed by atoms with van der Waals surface area (Å²) in [5.74, 6) is 0.250. The Morgan fingerprint density at radius 2 is 1.71 bits per heavy atom. The Hall–Kier alpha value is -3.74. The quantitative estimate of drug-likeness (QED) is 0.549. The van der Waals surface area contributed by atoms with Crippen LogP contribution in [0.15, 0.2) is 65.6 Å². The third-order valence-electron chi connectivity index (χ3n) is 5.15. The maximum atomic E-state index is 12.9. The lowest BCUT2D eigenvalue weighted by atomic mass is 9.90. The van der Waals surface area contributed by atoms with Crippen LogP contribution >= 0.6 is 0 Å². The number of nitrogens with one attached hydrogen (secondary N) is 1. The van der Waals surface area contributed by atoms with Gasteiger partial charge in [-0.05, 0) is 25.1 Å². The molecule has 0 fully saturated rings. The lowest BCUT2D eigenvalue weighted by molar-refractivity contribution is -0.117. The Morgan fingerprint density at radius 1 is 1.03 bits per heavy atom. The average molecular weight is 415 g/mol. The molecule has 4 aromatic rings. The van der Waals surface area contributed by atoms with Crippen molar-refractivity contribution >= 4 is 22.5 Å². The van der Waals surface area contributed by atoms with Gasteiger partial charge >= 0.3 is 0 Å². The number of anilines is 1. The highest BCUT2D eigenvalue weighted by molar-refractivity contribution is 5.91. The molecule has 0 spiro atoms. The molecule has 1 amide bonds. The Bertz CT molecular complexity index is 1310. The van der Waals surface area contributed by atoms with Crippen molar-refractivity contribution in [2.24, 2.45) is 0 Å². The zero-order chi connectivity index (χ0) is 22.2. The number of aromatic nitrogens is 4. The molecule has 2 aromatic carbocycles. The van der Waals surface area contributed by atoms with Crippen LogP contribution in [0.3, 0.4) is 0 Å². The second-order valence-corrected chi connectivity index (χ2v) is 8.56. The van der Waals surface area contributed by atoms with Crippen LogP contribution in [0.5, 0.6) is 0 Å². The predicted molar refractivity (Wildman–Crippen MR) is 122 cm³/mol. The fourth-order valence-electron chi connectivity index (χ4n) is 3.66. The van der Waals surface area contributed by atoms with Gasteiger partial charge in [-0.2, -0.15) is 10.2 Å². The first-order valence-corrected chi connectivity index (χ1v) is 10.2. The Morgan fingerprint density at radius 3 is 2.42 bits per heavy atom. The predicted octanol–water partition coefficient (Wildman–Crippen LogP) is 3.83. The molecule has 0 aliphatic heterocycles. The largest absolute Gasteiger partial charge is 0.309 e. The van der Waals surface area contributed by atoms with E-state index in [0.717, 1.165) is 22.3 Å². The first kappa shape index (κ1) is 20.5. The number of amides is 1. The topological polar surface area (TPSA) is 81.8 Å². The van der Waals surface area contributed by atoms with E-state index in [2.05, 4.69) is 31.2 Å². The molecule has 0 aliphatic rings. The highest BCUT2D eigenvalue weighted by Crippen LogP contribution is 2.31. The van der Waals surface area contributed by atoms with Crippen molar-refractivity contribution in [1.82, 2.24) is 19.6 Å². The van der Waals surface area contributed by atoms with Crippen LogP contribution < -0.4 is 10.9 Å². The minimum Gasteiger partial charge on any atom is -0.309 e. The number of carbonyl (C=O) groups is 1. The lowest BCUT2D eigenvalue weighted by Gasteiger charge is -2.16. The van der Waals surface area contributed by atoms with E-state index in [9.17, 15) is 9.59 Å².